The number of hydrogen-bond donors (Lipinski definition) is 1. The van der Waals surface area contributed by atoms with Crippen LogP contribution in [0.15, 0.2) is 0 Å². The van der Waals surface area contributed by atoms with E-state index in [0.717, 1.165) is 0 Å². The van der Waals surface area contributed by atoms with E-state index in [1.54, 1.807) is 20.8 Å². The molecule has 90 valence electrons. The van der Waals surface area contributed by atoms with Gasteiger partial charge in [0.2, 0.25) is 0 Å². The van der Waals surface area contributed by atoms with Gasteiger partial charge in [-0.25, -0.2) is 4.79 Å². The summed E-state index contributed by atoms with van der Waals surface area (Å²) in [5.41, 5.74) is -0.482. The lowest BCUT2D eigenvalue weighted by molar-refractivity contribution is -0.164. The second kappa shape index (κ2) is 3.76. The van der Waals surface area contributed by atoms with E-state index in [1.807, 2.05) is 0 Å². The molecular weight excluding hydrogens is 222 g/mol. The lowest BCUT2D eigenvalue weighted by Crippen LogP contribution is -2.31. The summed E-state index contributed by atoms with van der Waals surface area (Å²) in [6, 6.07) is 0. The number of carboxylic acid groups (broad SMARTS) is 1. The highest BCUT2D eigenvalue weighted by atomic mass is 19.3. The molecule has 0 atom stereocenters. The molecule has 0 aliphatic rings. The van der Waals surface area contributed by atoms with E-state index >= 15 is 0 Å². The first kappa shape index (κ1) is 12.5. The van der Waals surface area contributed by atoms with Crippen LogP contribution in [0.25, 0.3) is 0 Å². The fourth-order valence-electron chi connectivity index (χ4n) is 0.872. The van der Waals surface area contributed by atoms with E-state index in [1.165, 1.54) is 4.80 Å². The Kier molecular flexibility index (Phi) is 2.93. The van der Waals surface area contributed by atoms with E-state index in [9.17, 15) is 13.6 Å². The molecule has 0 bridgehead atoms. The Labute approximate surface area is 90.3 Å². The Balaban J connectivity index is 2.85. The Morgan fingerprint density at radius 1 is 1.44 bits per heavy atom. The molecule has 1 aromatic rings. The number of alkyl halides is 2. The maximum Gasteiger partial charge on any atom is 0.375 e. The van der Waals surface area contributed by atoms with Crippen molar-refractivity contribution in [3.63, 3.8) is 0 Å². The lowest BCUT2D eigenvalue weighted by atomic mass is 10.1. The topological polar surface area (TPSA) is 80.9 Å². The summed E-state index contributed by atoms with van der Waals surface area (Å²) in [7, 11) is 0. The van der Waals surface area contributed by atoms with Crippen LogP contribution in [0.2, 0.25) is 0 Å². The summed E-state index contributed by atoms with van der Waals surface area (Å²) in [6.07, 6.45) is -1.06. The monoisotopic (exact) mass is 234 g/mol. The Bertz CT molecular complexity index is 397. The summed E-state index contributed by atoms with van der Waals surface area (Å²) >= 11 is 0. The molecule has 0 saturated heterocycles. The number of nitrogens with zero attached hydrogens (tertiary/aromatic N) is 4. The van der Waals surface area contributed by atoms with Gasteiger partial charge in [-0.2, -0.15) is 13.6 Å². The molecule has 0 unspecified atom stereocenters. The van der Waals surface area contributed by atoms with Gasteiger partial charge < -0.3 is 5.11 Å². The smallest absolute Gasteiger partial charge is 0.375 e. The minimum atomic E-state index is -3.87. The zero-order chi connectivity index (χ0) is 12.6. The summed E-state index contributed by atoms with van der Waals surface area (Å²) in [5, 5.41) is 18.9. The molecule has 0 aliphatic carbocycles. The number of rotatable bonds is 3. The largest absolute Gasteiger partial charge is 0.477 e. The second-order valence-electron chi connectivity index (χ2n) is 4.35. The van der Waals surface area contributed by atoms with Gasteiger partial charge in [-0.3, -0.25) is 0 Å². The molecule has 0 saturated carbocycles. The van der Waals surface area contributed by atoms with Gasteiger partial charge in [-0.1, -0.05) is 0 Å². The highest BCUT2D eigenvalue weighted by Crippen LogP contribution is 2.18. The van der Waals surface area contributed by atoms with Crippen molar-refractivity contribution in [3.05, 3.63) is 5.82 Å². The van der Waals surface area contributed by atoms with Crippen molar-refractivity contribution in [2.24, 2.45) is 0 Å². The third-order valence-corrected chi connectivity index (χ3v) is 1.75. The van der Waals surface area contributed by atoms with Crippen LogP contribution in [-0.4, -0.2) is 37.2 Å². The summed E-state index contributed by atoms with van der Waals surface area (Å²) in [6.45, 7) is 5.31. The van der Waals surface area contributed by atoms with Crippen LogP contribution in [0, 0.1) is 0 Å². The van der Waals surface area contributed by atoms with Crippen molar-refractivity contribution in [1.82, 2.24) is 20.2 Å². The van der Waals surface area contributed by atoms with E-state index in [-0.39, 0.29) is 5.82 Å². The van der Waals surface area contributed by atoms with Crippen molar-refractivity contribution in [1.29, 1.82) is 0 Å². The molecule has 0 aromatic carbocycles. The molecular formula is C8H12F2N4O2. The Hall–Kier alpha value is -1.60. The van der Waals surface area contributed by atoms with E-state index in [4.69, 9.17) is 5.11 Å². The second-order valence-corrected chi connectivity index (χ2v) is 4.35. The van der Waals surface area contributed by atoms with Crippen LogP contribution in [0.4, 0.5) is 8.78 Å². The van der Waals surface area contributed by atoms with Crippen LogP contribution in [0.1, 0.15) is 26.6 Å². The SMILES string of the molecule is CC(C)(C)n1nnc(CC(F)(F)C(=O)O)n1. The standard InChI is InChI=1S/C8H12F2N4O2/c1-7(2,3)14-12-5(11-13-14)4-8(9,10)6(15)16/h4H2,1-3H3,(H,15,16). The van der Waals surface area contributed by atoms with Crippen LogP contribution in [0.5, 0.6) is 0 Å². The number of aromatic nitrogens is 4. The predicted octanol–water partition coefficient (Wildman–Crippen LogP) is 0.690. The normalized spacial score (nSPS) is 12.8. The van der Waals surface area contributed by atoms with Crippen LogP contribution >= 0.6 is 0 Å². The maximum absolute atomic E-state index is 12.8. The number of halogens is 2. The average molecular weight is 234 g/mol. The van der Waals surface area contributed by atoms with Crippen molar-refractivity contribution >= 4 is 5.97 Å². The van der Waals surface area contributed by atoms with E-state index in [0.29, 0.717) is 0 Å². The third kappa shape index (κ3) is 2.71. The van der Waals surface area contributed by atoms with Gasteiger partial charge in [-0.05, 0) is 26.0 Å². The van der Waals surface area contributed by atoms with Crippen LogP contribution in [-0.2, 0) is 16.8 Å². The predicted molar refractivity (Wildman–Crippen MR) is 49.1 cm³/mol. The zero-order valence-corrected chi connectivity index (χ0v) is 9.11. The van der Waals surface area contributed by atoms with E-state index < -0.39 is 23.9 Å². The molecule has 1 heterocycles. The minimum Gasteiger partial charge on any atom is -0.477 e. The molecule has 1 rings (SSSR count). The molecule has 0 fully saturated rings. The maximum atomic E-state index is 12.8. The highest BCUT2D eigenvalue weighted by molar-refractivity contribution is 5.75. The molecule has 0 aliphatic heterocycles. The molecule has 6 nitrogen and oxygen atoms in total. The number of carbonyl (C=O) groups is 1. The van der Waals surface area contributed by atoms with Crippen molar-refractivity contribution in [2.75, 3.05) is 0 Å². The lowest BCUT2D eigenvalue weighted by Gasteiger charge is -2.15. The molecule has 0 radical (unpaired) electrons. The summed E-state index contributed by atoms with van der Waals surface area (Å²) < 4.78 is 25.6. The first-order valence-corrected chi connectivity index (χ1v) is 4.53. The van der Waals surface area contributed by atoms with Crippen molar-refractivity contribution in [3.8, 4) is 0 Å². The van der Waals surface area contributed by atoms with Gasteiger partial charge >= 0.3 is 11.9 Å². The quantitative estimate of drug-likeness (QED) is 0.832. The van der Waals surface area contributed by atoms with Gasteiger partial charge in [0.1, 0.15) is 0 Å². The average Bonchev–Trinajstić information content (AvgIpc) is 2.50. The van der Waals surface area contributed by atoms with Crippen molar-refractivity contribution < 1.29 is 18.7 Å². The Morgan fingerprint density at radius 3 is 2.38 bits per heavy atom. The van der Waals surface area contributed by atoms with Gasteiger partial charge in [0.25, 0.3) is 0 Å². The highest BCUT2D eigenvalue weighted by Gasteiger charge is 2.40. The number of tetrazole rings is 1. The molecule has 8 heteroatoms. The van der Waals surface area contributed by atoms with Gasteiger partial charge in [-0.15, -0.1) is 10.2 Å². The van der Waals surface area contributed by atoms with Crippen molar-refractivity contribution in [2.45, 2.75) is 38.7 Å². The minimum absolute atomic E-state index is 0.290. The van der Waals surface area contributed by atoms with Gasteiger partial charge in [0.15, 0.2) is 5.82 Å². The number of hydrogen-bond acceptors (Lipinski definition) is 4. The number of carboxylic acids is 1. The van der Waals surface area contributed by atoms with Crippen LogP contribution < -0.4 is 0 Å². The summed E-state index contributed by atoms with van der Waals surface area (Å²) in [4.78, 5) is 11.4. The third-order valence-electron chi connectivity index (χ3n) is 1.75. The fraction of sp³-hybridized carbons (Fsp3) is 0.750. The van der Waals surface area contributed by atoms with Gasteiger partial charge in [0, 0.05) is 0 Å². The first-order chi connectivity index (χ1) is 7.13. The first-order valence-electron chi connectivity index (χ1n) is 4.53. The molecule has 1 aromatic heterocycles. The van der Waals surface area contributed by atoms with Crippen LogP contribution in [0.3, 0.4) is 0 Å². The molecule has 0 spiro atoms. The molecule has 16 heavy (non-hydrogen) atoms. The number of aliphatic carboxylic acids is 1. The fourth-order valence-corrected chi connectivity index (χ4v) is 0.872. The van der Waals surface area contributed by atoms with Gasteiger partial charge in [0.05, 0.1) is 12.0 Å². The summed E-state index contributed by atoms with van der Waals surface area (Å²) in [5.74, 6) is -6.35. The molecule has 0 amide bonds. The van der Waals surface area contributed by atoms with E-state index in [2.05, 4.69) is 15.4 Å². The Morgan fingerprint density at radius 2 is 2.00 bits per heavy atom. The zero-order valence-electron chi connectivity index (χ0n) is 9.11. The molecule has 1 N–H and O–H groups in total.